The summed E-state index contributed by atoms with van der Waals surface area (Å²) in [6, 6.07) is 0. The molecule has 1 aromatic heterocycles. The van der Waals surface area contributed by atoms with E-state index in [9.17, 15) is 14.4 Å². The molecule has 0 saturated heterocycles. The summed E-state index contributed by atoms with van der Waals surface area (Å²) in [6.45, 7) is 6.35. The number of rotatable bonds is 7. The van der Waals surface area contributed by atoms with Crippen LogP contribution in [0, 0.1) is 5.92 Å². The minimum atomic E-state index is -0.666. The van der Waals surface area contributed by atoms with Crippen molar-refractivity contribution in [1.29, 1.82) is 0 Å². The van der Waals surface area contributed by atoms with E-state index in [2.05, 4.69) is 4.98 Å². The molecule has 1 aromatic rings. The van der Waals surface area contributed by atoms with E-state index < -0.39 is 11.2 Å². The monoisotopic (exact) mass is 312 g/mol. The highest BCUT2D eigenvalue weighted by Crippen LogP contribution is 2.18. The van der Waals surface area contributed by atoms with E-state index in [-0.39, 0.29) is 42.9 Å². The van der Waals surface area contributed by atoms with Gasteiger partial charge in [0.15, 0.2) is 5.69 Å². The predicted octanol–water partition coefficient (Wildman–Crippen LogP) is 0.164. The number of nitrogens with one attached hydrogen (secondary N) is 1. The highest BCUT2D eigenvalue weighted by molar-refractivity contribution is 5.95. The Morgan fingerprint density at radius 2 is 2.05 bits per heavy atom. The van der Waals surface area contributed by atoms with Crippen molar-refractivity contribution in [2.75, 3.05) is 30.9 Å². The number of aromatic nitrogens is 2. The number of H-pyrrole nitrogens is 1. The summed E-state index contributed by atoms with van der Waals surface area (Å²) in [5.41, 5.74) is 4.77. The molecule has 8 nitrogen and oxygen atoms in total. The fourth-order valence-corrected chi connectivity index (χ4v) is 2.12. The first-order valence-corrected chi connectivity index (χ1v) is 7.25. The number of ether oxygens (including phenoxy) is 1. The molecule has 3 N–H and O–H groups in total. The lowest BCUT2D eigenvalue weighted by Gasteiger charge is -2.24. The average molecular weight is 312 g/mol. The van der Waals surface area contributed by atoms with Crippen LogP contribution in [0.1, 0.15) is 27.2 Å². The van der Waals surface area contributed by atoms with Crippen LogP contribution in [0.25, 0.3) is 0 Å². The van der Waals surface area contributed by atoms with E-state index >= 15 is 0 Å². The van der Waals surface area contributed by atoms with Crippen molar-refractivity contribution in [2.45, 2.75) is 33.7 Å². The number of methoxy groups -OCH3 is 1. The first-order valence-electron chi connectivity index (χ1n) is 7.25. The van der Waals surface area contributed by atoms with Gasteiger partial charge in [0.25, 0.3) is 5.56 Å². The molecular weight excluding hydrogens is 288 g/mol. The molecule has 0 fully saturated rings. The number of amides is 1. The van der Waals surface area contributed by atoms with Crippen LogP contribution < -0.4 is 21.9 Å². The van der Waals surface area contributed by atoms with Gasteiger partial charge in [0.1, 0.15) is 5.82 Å². The maximum Gasteiger partial charge on any atom is 0.330 e. The van der Waals surface area contributed by atoms with Crippen LogP contribution in [0.5, 0.6) is 0 Å². The van der Waals surface area contributed by atoms with Crippen molar-refractivity contribution in [1.82, 2.24) is 9.55 Å². The van der Waals surface area contributed by atoms with Crippen molar-refractivity contribution in [2.24, 2.45) is 5.92 Å². The first-order chi connectivity index (χ1) is 10.3. The highest BCUT2D eigenvalue weighted by atomic mass is 16.5. The van der Waals surface area contributed by atoms with Crippen LogP contribution in [0.15, 0.2) is 9.59 Å². The number of hydrogen-bond acceptors (Lipinski definition) is 5. The second kappa shape index (κ2) is 7.79. The Hall–Kier alpha value is -2.09. The van der Waals surface area contributed by atoms with Gasteiger partial charge in [-0.15, -0.1) is 0 Å². The van der Waals surface area contributed by atoms with Gasteiger partial charge in [-0.2, -0.15) is 0 Å². The third-order valence-electron chi connectivity index (χ3n) is 3.15. The minimum Gasteiger partial charge on any atom is -0.383 e. The van der Waals surface area contributed by atoms with Crippen molar-refractivity contribution in [3.63, 3.8) is 0 Å². The SMILES string of the molecule is CCC(=O)N(CCOC)c1c(N)n(CC(C)C)c(=O)[nH]c1=O. The lowest BCUT2D eigenvalue weighted by Crippen LogP contribution is -2.42. The predicted molar refractivity (Wildman–Crippen MR) is 85.1 cm³/mol. The van der Waals surface area contributed by atoms with E-state index in [1.54, 1.807) is 6.92 Å². The van der Waals surface area contributed by atoms with Crippen LogP contribution in [0.4, 0.5) is 11.5 Å². The lowest BCUT2D eigenvalue weighted by atomic mass is 10.2. The second-order valence-corrected chi connectivity index (χ2v) is 5.39. The molecule has 0 radical (unpaired) electrons. The zero-order valence-corrected chi connectivity index (χ0v) is 13.5. The lowest BCUT2D eigenvalue weighted by molar-refractivity contribution is -0.118. The molecular formula is C14H24N4O4. The van der Waals surface area contributed by atoms with Gasteiger partial charge in [-0.1, -0.05) is 20.8 Å². The van der Waals surface area contributed by atoms with Crippen LogP contribution in [0.3, 0.4) is 0 Å². The second-order valence-electron chi connectivity index (χ2n) is 5.39. The number of aromatic amines is 1. The van der Waals surface area contributed by atoms with Crippen LogP contribution in [-0.2, 0) is 16.1 Å². The molecule has 0 atom stereocenters. The Labute approximate surface area is 128 Å². The topological polar surface area (TPSA) is 110 Å². The summed E-state index contributed by atoms with van der Waals surface area (Å²) >= 11 is 0. The molecule has 124 valence electrons. The molecule has 0 bridgehead atoms. The third kappa shape index (κ3) is 3.97. The standard InChI is InChI=1S/C14H24N4O4/c1-5-10(19)17(6-7-22-4)11-12(15)18(8-9(2)3)14(21)16-13(11)20/h9H,5-8,15H2,1-4H3,(H,16,20,21). The number of nitrogens with zero attached hydrogens (tertiary/aromatic N) is 2. The number of nitrogen functional groups attached to an aromatic ring is 1. The van der Waals surface area contributed by atoms with Gasteiger partial charge in [-0.3, -0.25) is 19.1 Å². The van der Waals surface area contributed by atoms with Gasteiger partial charge in [0.05, 0.1) is 6.61 Å². The highest BCUT2D eigenvalue weighted by Gasteiger charge is 2.23. The van der Waals surface area contributed by atoms with E-state index in [1.807, 2.05) is 13.8 Å². The Morgan fingerprint density at radius 3 is 2.55 bits per heavy atom. The molecule has 1 heterocycles. The Morgan fingerprint density at radius 1 is 1.41 bits per heavy atom. The summed E-state index contributed by atoms with van der Waals surface area (Å²) in [5, 5.41) is 0. The fraction of sp³-hybridized carbons (Fsp3) is 0.643. The van der Waals surface area contributed by atoms with Crippen LogP contribution >= 0.6 is 0 Å². The third-order valence-corrected chi connectivity index (χ3v) is 3.15. The Balaban J connectivity index is 3.45. The fourth-order valence-electron chi connectivity index (χ4n) is 2.12. The quantitative estimate of drug-likeness (QED) is 0.745. The molecule has 0 aliphatic rings. The Bertz CT molecular complexity index is 633. The van der Waals surface area contributed by atoms with Gasteiger partial charge >= 0.3 is 5.69 Å². The molecule has 1 amide bonds. The van der Waals surface area contributed by atoms with E-state index in [0.29, 0.717) is 6.54 Å². The van der Waals surface area contributed by atoms with Crippen LogP contribution in [-0.4, -0.2) is 35.7 Å². The van der Waals surface area contributed by atoms with Gasteiger partial charge in [0.2, 0.25) is 5.91 Å². The molecule has 0 aromatic carbocycles. The van der Waals surface area contributed by atoms with E-state index in [0.717, 1.165) is 0 Å². The smallest absolute Gasteiger partial charge is 0.330 e. The van der Waals surface area contributed by atoms with Gasteiger partial charge in [-0.25, -0.2) is 4.79 Å². The maximum atomic E-state index is 12.1. The summed E-state index contributed by atoms with van der Waals surface area (Å²) in [7, 11) is 1.50. The van der Waals surface area contributed by atoms with E-state index in [1.165, 1.54) is 16.6 Å². The number of carbonyl (C=O) groups is 1. The first kappa shape index (κ1) is 18.0. The Kier molecular flexibility index (Phi) is 6.36. The van der Waals surface area contributed by atoms with Crippen molar-refractivity contribution in [3.8, 4) is 0 Å². The normalized spacial score (nSPS) is 11.0. The molecule has 0 aliphatic heterocycles. The van der Waals surface area contributed by atoms with Gasteiger partial charge < -0.3 is 15.4 Å². The molecule has 0 saturated carbocycles. The van der Waals surface area contributed by atoms with Crippen molar-refractivity contribution < 1.29 is 9.53 Å². The largest absolute Gasteiger partial charge is 0.383 e. The molecule has 8 heteroatoms. The zero-order valence-electron chi connectivity index (χ0n) is 13.5. The number of anilines is 2. The number of hydrogen-bond donors (Lipinski definition) is 2. The summed E-state index contributed by atoms with van der Waals surface area (Å²) < 4.78 is 6.25. The molecule has 0 unspecified atom stereocenters. The average Bonchev–Trinajstić information content (AvgIpc) is 2.45. The summed E-state index contributed by atoms with van der Waals surface area (Å²) in [4.78, 5) is 39.7. The van der Waals surface area contributed by atoms with Crippen LogP contribution in [0.2, 0.25) is 0 Å². The van der Waals surface area contributed by atoms with Gasteiger partial charge in [0, 0.05) is 26.6 Å². The molecule has 0 aliphatic carbocycles. The van der Waals surface area contributed by atoms with Gasteiger partial charge in [-0.05, 0) is 5.92 Å². The molecule has 22 heavy (non-hydrogen) atoms. The summed E-state index contributed by atoms with van der Waals surface area (Å²) in [5.74, 6) is -0.0996. The minimum absolute atomic E-state index is 0.000327. The maximum absolute atomic E-state index is 12.1. The molecule has 1 rings (SSSR count). The van der Waals surface area contributed by atoms with Crippen molar-refractivity contribution in [3.05, 3.63) is 20.8 Å². The summed E-state index contributed by atoms with van der Waals surface area (Å²) in [6.07, 6.45) is 0.214. The molecule has 0 spiro atoms. The van der Waals surface area contributed by atoms with Crippen molar-refractivity contribution >= 4 is 17.4 Å². The number of nitrogens with two attached hydrogens (primary N) is 1. The zero-order chi connectivity index (χ0) is 16.9. The number of carbonyl (C=O) groups excluding carboxylic acids is 1. The van der Waals surface area contributed by atoms with E-state index in [4.69, 9.17) is 10.5 Å².